The molecule has 2 N–H and O–H groups in total. The molecule has 2 aromatic heterocycles. The molecule has 0 spiro atoms. The molecule has 0 radical (unpaired) electrons. The van der Waals surface area contributed by atoms with Crippen LogP contribution >= 0.6 is 0 Å². The number of pyridine rings is 1. The van der Waals surface area contributed by atoms with E-state index in [1.807, 2.05) is 45.0 Å². The minimum Gasteiger partial charge on any atom is -0.497 e. The lowest BCUT2D eigenvalue weighted by molar-refractivity contribution is 0.0679. The highest BCUT2D eigenvalue weighted by molar-refractivity contribution is 5.93. The number of hydrogen-bond donors (Lipinski definition) is 2. The molecule has 3 heterocycles. The van der Waals surface area contributed by atoms with Crippen LogP contribution in [-0.2, 0) is 0 Å². The molecule has 0 saturated heterocycles. The number of hydrogen-bond acceptors (Lipinski definition) is 5. The van der Waals surface area contributed by atoms with E-state index < -0.39 is 5.60 Å². The zero-order valence-corrected chi connectivity index (χ0v) is 16.3. The van der Waals surface area contributed by atoms with Crippen LogP contribution in [0.15, 0.2) is 36.5 Å². The minimum absolute atomic E-state index is 0.191. The van der Waals surface area contributed by atoms with Gasteiger partial charge in [-0.05, 0) is 45.0 Å². The Morgan fingerprint density at radius 2 is 2.18 bits per heavy atom. The molecule has 4 rings (SSSR count). The van der Waals surface area contributed by atoms with Crippen LogP contribution in [0.4, 0.5) is 10.5 Å². The highest BCUT2D eigenvalue weighted by atomic mass is 16.5. The molecular formula is C20H23N5O3. The molecule has 1 atom stereocenters. The lowest BCUT2D eigenvalue weighted by Gasteiger charge is -2.38. The Morgan fingerprint density at radius 3 is 2.96 bits per heavy atom. The SMILES string of the molecule is COc1ccc2c(c1)OC(C)(C)C[C@H]2NC(=O)Nc1cccn2nc(C)nc12. The van der Waals surface area contributed by atoms with Gasteiger partial charge in [0.15, 0.2) is 5.65 Å². The quantitative estimate of drug-likeness (QED) is 0.725. The second kappa shape index (κ2) is 6.70. The second-order valence-corrected chi connectivity index (χ2v) is 7.47. The number of benzene rings is 1. The molecular weight excluding hydrogens is 358 g/mol. The van der Waals surface area contributed by atoms with Gasteiger partial charge in [-0.25, -0.2) is 14.3 Å². The number of amides is 2. The van der Waals surface area contributed by atoms with Gasteiger partial charge in [-0.15, -0.1) is 0 Å². The summed E-state index contributed by atoms with van der Waals surface area (Å²) in [5.41, 5.74) is 1.71. The van der Waals surface area contributed by atoms with E-state index in [9.17, 15) is 4.79 Å². The van der Waals surface area contributed by atoms with Gasteiger partial charge in [-0.2, -0.15) is 5.10 Å². The van der Waals surface area contributed by atoms with E-state index in [-0.39, 0.29) is 12.1 Å². The highest BCUT2D eigenvalue weighted by Crippen LogP contribution is 2.41. The molecule has 3 aromatic rings. The van der Waals surface area contributed by atoms with E-state index in [2.05, 4.69) is 20.7 Å². The van der Waals surface area contributed by atoms with Gasteiger partial charge in [0.2, 0.25) is 0 Å². The van der Waals surface area contributed by atoms with E-state index in [1.165, 1.54) is 0 Å². The Hall–Kier alpha value is -3.29. The number of nitrogens with one attached hydrogen (secondary N) is 2. The first-order chi connectivity index (χ1) is 13.3. The molecule has 0 unspecified atom stereocenters. The first-order valence-electron chi connectivity index (χ1n) is 9.11. The van der Waals surface area contributed by atoms with Gasteiger partial charge in [0.1, 0.15) is 22.9 Å². The maximum atomic E-state index is 12.7. The van der Waals surface area contributed by atoms with Gasteiger partial charge in [-0.3, -0.25) is 0 Å². The first kappa shape index (κ1) is 18.1. The Balaban J connectivity index is 1.57. The number of aryl methyl sites for hydroxylation is 1. The van der Waals surface area contributed by atoms with Gasteiger partial charge >= 0.3 is 6.03 Å². The number of carbonyl (C=O) groups excluding carboxylic acids is 1. The summed E-state index contributed by atoms with van der Waals surface area (Å²) in [6, 6.07) is 8.76. The van der Waals surface area contributed by atoms with Crippen LogP contribution in [0.2, 0.25) is 0 Å². The van der Waals surface area contributed by atoms with Crippen molar-refractivity contribution in [2.24, 2.45) is 0 Å². The predicted molar refractivity (Wildman–Crippen MR) is 105 cm³/mol. The monoisotopic (exact) mass is 381 g/mol. The van der Waals surface area contributed by atoms with Crippen molar-refractivity contribution in [3.63, 3.8) is 0 Å². The van der Waals surface area contributed by atoms with Crippen LogP contribution in [0.25, 0.3) is 5.65 Å². The van der Waals surface area contributed by atoms with Crippen LogP contribution < -0.4 is 20.1 Å². The van der Waals surface area contributed by atoms with Crippen molar-refractivity contribution in [2.45, 2.75) is 38.8 Å². The molecule has 0 fully saturated rings. The third-order valence-electron chi connectivity index (χ3n) is 4.70. The summed E-state index contributed by atoms with van der Waals surface area (Å²) in [4.78, 5) is 17.1. The fraction of sp³-hybridized carbons (Fsp3) is 0.350. The Labute approximate surface area is 162 Å². The summed E-state index contributed by atoms with van der Waals surface area (Å²) in [7, 11) is 1.62. The van der Waals surface area contributed by atoms with E-state index in [0.29, 0.717) is 29.3 Å². The number of nitrogens with zero attached hydrogens (tertiary/aromatic N) is 3. The Bertz CT molecular complexity index is 1040. The standard InChI is InChI=1S/C20H23N5O3/c1-12-21-18-15(6-5-9-25(18)24-12)22-19(26)23-16-11-20(2,3)28-17-10-13(27-4)7-8-14(16)17/h5-10,16H,11H2,1-4H3,(H2,22,23,26)/t16-/m1/s1. The summed E-state index contributed by atoms with van der Waals surface area (Å²) < 4.78 is 13.0. The van der Waals surface area contributed by atoms with E-state index in [1.54, 1.807) is 23.9 Å². The summed E-state index contributed by atoms with van der Waals surface area (Å²) in [6.07, 6.45) is 2.44. The molecule has 8 nitrogen and oxygen atoms in total. The third-order valence-corrected chi connectivity index (χ3v) is 4.70. The van der Waals surface area contributed by atoms with Crippen LogP contribution in [-0.4, -0.2) is 33.3 Å². The Morgan fingerprint density at radius 1 is 1.36 bits per heavy atom. The smallest absolute Gasteiger partial charge is 0.319 e. The zero-order valence-electron chi connectivity index (χ0n) is 16.3. The maximum absolute atomic E-state index is 12.7. The van der Waals surface area contributed by atoms with E-state index in [0.717, 1.165) is 11.3 Å². The Kier molecular flexibility index (Phi) is 4.33. The number of urea groups is 1. The van der Waals surface area contributed by atoms with Crippen LogP contribution in [0, 0.1) is 6.92 Å². The molecule has 8 heteroatoms. The normalized spacial score (nSPS) is 17.5. The number of fused-ring (bicyclic) bond motifs is 2. The summed E-state index contributed by atoms with van der Waals surface area (Å²) >= 11 is 0. The number of rotatable bonds is 3. The number of ether oxygens (including phenoxy) is 2. The van der Waals surface area contributed by atoms with Crippen LogP contribution in [0.5, 0.6) is 11.5 Å². The number of methoxy groups -OCH3 is 1. The molecule has 2 amide bonds. The second-order valence-electron chi connectivity index (χ2n) is 7.47. The van der Waals surface area contributed by atoms with Gasteiger partial charge < -0.3 is 20.1 Å². The van der Waals surface area contributed by atoms with Gasteiger partial charge in [0.05, 0.1) is 18.8 Å². The first-order valence-corrected chi connectivity index (χ1v) is 9.11. The van der Waals surface area contributed by atoms with E-state index in [4.69, 9.17) is 9.47 Å². The van der Waals surface area contributed by atoms with E-state index >= 15 is 0 Å². The van der Waals surface area contributed by atoms with Gasteiger partial charge in [-0.1, -0.05) is 0 Å². The molecule has 1 aliphatic rings. The lowest BCUT2D eigenvalue weighted by Crippen LogP contribution is -2.42. The maximum Gasteiger partial charge on any atom is 0.319 e. The lowest BCUT2D eigenvalue weighted by atomic mass is 9.89. The largest absolute Gasteiger partial charge is 0.497 e. The van der Waals surface area contributed by atoms with Crippen molar-refractivity contribution >= 4 is 17.4 Å². The average molecular weight is 381 g/mol. The van der Waals surface area contributed by atoms with Crippen molar-refractivity contribution in [3.8, 4) is 11.5 Å². The third kappa shape index (κ3) is 3.45. The number of anilines is 1. The fourth-order valence-corrected chi connectivity index (χ4v) is 3.51. The predicted octanol–water partition coefficient (Wildman–Crippen LogP) is 3.47. The van der Waals surface area contributed by atoms with Crippen molar-refractivity contribution in [1.82, 2.24) is 19.9 Å². The zero-order chi connectivity index (χ0) is 19.9. The summed E-state index contributed by atoms with van der Waals surface area (Å²) in [5.74, 6) is 2.08. The van der Waals surface area contributed by atoms with Crippen LogP contribution in [0.1, 0.15) is 37.7 Å². The molecule has 28 heavy (non-hydrogen) atoms. The molecule has 0 saturated carbocycles. The summed E-state index contributed by atoms with van der Waals surface area (Å²) in [6.45, 7) is 5.82. The summed E-state index contributed by atoms with van der Waals surface area (Å²) in [5, 5.41) is 10.2. The molecule has 1 aromatic carbocycles. The molecule has 0 aliphatic carbocycles. The van der Waals surface area contributed by atoms with Crippen molar-refractivity contribution in [1.29, 1.82) is 0 Å². The minimum atomic E-state index is -0.415. The number of carbonyl (C=O) groups is 1. The van der Waals surface area contributed by atoms with Crippen molar-refractivity contribution in [2.75, 3.05) is 12.4 Å². The molecule has 0 bridgehead atoms. The van der Waals surface area contributed by atoms with Gasteiger partial charge in [0.25, 0.3) is 0 Å². The topological polar surface area (TPSA) is 89.8 Å². The van der Waals surface area contributed by atoms with Crippen LogP contribution in [0.3, 0.4) is 0 Å². The fourth-order valence-electron chi connectivity index (χ4n) is 3.51. The highest BCUT2D eigenvalue weighted by Gasteiger charge is 2.35. The average Bonchev–Trinajstić information content (AvgIpc) is 3.01. The number of aromatic nitrogens is 3. The molecule has 146 valence electrons. The van der Waals surface area contributed by atoms with Crippen molar-refractivity contribution < 1.29 is 14.3 Å². The molecule has 1 aliphatic heterocycles. The van der Waals surface area contributed by atoms with Gasteiger partial charge in [0, 0.05) is 24.2 Å². The van der Waals surface area contributed by atoms with Crippen molar-refractivity contribution in [3.05, 3.63) is 47.9 Å².